The Kier molecular flexibility index (Phi) is 4.06. The standard InChI is InChI=1S/C15H20ClN3O2/c1-17-14-10-6-11(16)13(7-12(10)18-15(14)20)19(2)8-9-4-3-5-21-9/h6-7,9,14,17H,3-5,8H2,1-2H3,(H,18,20). The summed E-state index contributed by atoms with van der Waals surface area (Å²) in [6.07, 6.45) is 2.47. The second-order valence-corrected chi connectivity index (χ2v) is 6.02. The van der Waals surface area contributed by atoms with Crippen molar-refractivity contribution in [2.45, 2.75) is 25.0 Å². The van der Waals surface area contributed by atoms with Crippen LogP contribution in [0.5, 0.6) is 0 Å². The van der Waals surface area contributed by atoms with Crippen molar-refractivity contribution in [1.82, 2.24) is 5.32 Å². The minimum absolute atomic E-state index is 0.0394. The molecule has 0 radical (unpaired) electrons. The van der Waals surface area contributed by atoms with Crippen LogP contribution in [-0.4, -0.2) is 39.3 Å². The lowest BCUT2D eigenvalue weighted by atomic mass is 10.1. The molecule has 2 unspecified atom stereocenters. The van der Waals surface area contributed by atoms with E-state index in [-0.39, 0.29) is 18.1 Å². The normalized spacial score (nSPS) is 24.0. The maximum absolute atomic E-state index is 11.9. The Morgan fingerprint density at radius 2 is 2.33 bits per heavy atom. The van der Waals surface area contributed by atoms with Gasteiger partial charge in [-0.3, -0.25) is 4.79 Å². The van der Waals surface area contributed by atoms with Gasteiger partial charge in [-0.25, -0.2) is 0 Å². The molecule has 2 heterocycles. The quantitative estimate of drug-likeness (QED) is 0.895. The van der Waals surface area contributed by atoms with Gasteiger partial charge in [0, 0.05) is 31.5 Å². The minimum Gasteiger partial charge on any atom is -0.376 e. The number of fused-ring (bicyclic) bond motifs is 1. The summed E-state index contributed by atoms with van der Waals surface area (Å²) in [5.74, 6) is -0.0394. The third kappa shape index (κ3) is 2.73. The predicted octanol–water partition coefficient (Wildman–Crippen LogP) is 2.17. The van der Waals surface area contributed by atoms with Crippen molar-refractivity contribution in [3.63, 3.8) is 0 Å². The maximum Gasteiger partial charge on any atom is 0.246 e. The van der Waals surface area contributed by atoms with Gasteiger partial charge in [-0.15, -0.1) is 0 Å². The predicted molar refractivity (Wildman–Crippen MR) is 84.1 cm³/mol. The molecule has 0 spiro atoms. The number of nitrogens with zero attached hydrogens (tertiary/aromatic N) is 1. The first-order valence-corrected chi connectivity index (χ1v) is 7.62. The number of carbonyl (C=O) groups is 1. The van der Waals surface area contributed by atoms with Crippen molar-refractivity contribution in [2.75, 3.05) is 37.5 Å². The number of likely N-dealkylation sites (N-methyl/N-ethyl adjacent to an activating group) is 2. The van der Waals surface area contributed by atoms with E-state index < -0.39 is 0 Å². The Balaban J connectivity index is 1.84. The molecule has 1 aromatic rings. The van der Waals surface area contributed by atoms with E-state index >= 15 is 0 Å². The Hall–Kier alpha value is -1.30. The highest BCUT2D eigenvalue weighted by Crippen LogP contribution is 2.38. The molecule has 21 heavy (non-hydrogen) atoms. The number of amides is 1. The lowest BCUT2D eigenvalue weighted by Crippen LogP contribution is -2.28. The molecule has 6 heteroatoms. The SMILES string of the molecule is CNC1C(=O)Nc2cc(N(C)CC3CCCO3)c(Cl)cc21. The summed E-state index contributed by atoms with van der Waals surface area (Å²) < 4.78 is 5.66. The van der Waals surface area contributed by atoms with E-state index in [2.05, 4.69) is 15.5 Å². The first-order chi connectivity index (χ1) is 10.1. The third-order valence-corrected chi connectivity index (χ3v) is 4.45. The number of halogens is 1. The van der Waals surface area contributed by atoms with E-state index in [9.17, 15) is 4.79 Å². The molecule has 3 rings (SSSR count). The third-order valence-electron chi connectivity index (χ3n) is 4.15. The topological polar surface area (TPSA) is 53.6 Å². The van der Waals surface area contributed by atoms with Crippen molar-refractivity contribution in [3.8, 4) is 0 Å². The van der Waals surface area contributed by atoms with Crippen molar-refractivity contribution in [2.24, 2.45) is 0 Å². The van der Waals surface area contributed by atoms with Crippen molar-refractivity contribution >= 4 is 28.9 Å². The van der Waals surface area contributed by atoms with Crippen LogP contribution < -0.4 is 15.5 Å². The van der Waals surface area contributed by atoms with Gasteiger partial charge in [0.15, 0.2) is 0 Å². The largest absolute Gasteiger partial charge is 0.376 e. The zero-order chi connectivity index (χ0) is 15.0. The molecule has 114 valence electrons. The van der Waals surface area contributed by atoms with Crippen LogP contribution in [0.4, 0.5) is 11.4 Å². The molecule has 0 aliphatic carbocycles. The van der Waals surface area contributed by atoms with Crippen LogP contribution in [-0.2, 0) is 9.53 Å². The number of hydrogen-bond donors (Lipinski definition) is 2. The molecule has 5 nitrogen and oxygen atoms in total. The molecular weight excluding hydrogens is 290 g/mol. The number of carbonyl (C=O) groups excluding carboxylic acids is 1. The van der Waals surface area contributed by atoms with Gasteiger partial charge in [-0.2, -0.15) is 0 Å². The summed E-state index contributed by atoms with van der Waals surface area (Å²) in [6.45, 7) is 1.65. The van der Waals surface area contributed by atoms with Crippen LogP contribution in [0.15, 0.2) is 12.1 Å². The number of ether oxygens (including phenoxy) is 1. The molecule has 2 atom stereocenters. The maximum atomic E-state index is 11.9. The van der Waals surface area contributed by atoms with Gasteiger partial charge in [-0.05, 0) is 32.0 Å². The first-order valence-electron chi connectivity index (χ1n) is 7.24. The molecule has 1 aromatic carbocycles. The summed E-state index contributed by atoms with van der Waals surface area (Å²) in [5.41, 5.74) is 2.66. The van der Waals surface area contributed by atoms with Gasteiger partial charge >= 0.3 is 0 Å². The van der Waals surface area contributed by atoms with Crippen molar-refractivity contribution in [1.29, 1.82) is 0 Å². The molecule has 1 saturated heterocycles. The van der Waals surface area contributed by atoms with Gasteiger partial charge in [0.2, 0.25) is 5.91 Å². The molecule has 0 saturated carbocycles. The average molecular weight is 310 g/mol. The first kappa shape index (κ1) is 14.6. The summed E-state index contributed by atoms with van der Waals surface area (Å²) in [7, 11) is 3.77. The second-order valence-electron chi connectivity index (χ2n) is 5.62. The van der Waals surface area contributed by atoms with Crippen LogP contribution in [0.2, 0.25) is 5.02 Å². The van der Waals surface area contributed by atoms with E-state index in [1.165, 1.54) is 0 Å². The molecule has 0 aromatic heterocycles. The Labute approximate surface area is 129 Å². The number of nitrogens with one attached hydrogen (secondary N) is 2. The van der Waals surface area contributed by atoms with Crippen LogP contribution >= 0.6 is 11.6 Å². The lowest BCUT2D eigenvalue weighted by molar-refractivity contribution is -0.117. The fourth-order valence-electron chi connectivity index (χ4n) is 3.04. The second kappa shape index (κ2) is 5.83. The van der Waals surface area contributed by atoms with Gasteiger partial charge in [0.1, 0.15) is 6.04 Å². The van der Waals surface area contributed by atoms with Gasteiger partial charge in [0.05, 0.1) is 16.8 Å². The van der Waals surface area contributed by atoms with E-state index in [0.29, 0.717) is 5.02 Å². The zero-order valence-corrected chi connectivity index (χ0v) is 13.0. The molecule has 2 N–H and O–H groups in total. The minimum atomic E-state index is -0.324. The number of benzene rings is 1. The van der Waals surface area contributed by atoms with E-state index in [1.54, 1.807) is 7.05 Å². The Morgan fingerprint density at radius 1 is 1.52 bits per heavy atom. The molecule has 2 aliphatic rings. The van der Waals surface area contributed by atoms with Gasteiger partial charge < -0.3 is 20.3 Å². The molecule has 1 fully saturated rings. The lowest BCUT2D eigenvalue weighted by Gasteiger charge is -2.24. The summed E-state index contributed by atoms with van der Waals surface area (Å²) in [6, 6.07) is 3.49. The highest BCUT2D eigenvalue weighted by Gasteiger charge is 2.31. The monoisotopic (exact) mass is 309 g/mol. The number of anilines is 2. The Morgan fingerprint density at radius 3 is 3.00 bits per heavy atom. The highest BCUT2D eigenvalue weighted by atomic mass is 35.5. The van der Waals surface area contributed by atoms with Gasteiger partial charge in [0.25, 0.3) is 0 Å². The van der Waals surface area contributed by atoms with E-state index in [1.807, 2.05) is 19.2 Å². The highest BCUT2D eigenvalue weighted by molar-refractivity contribution is 6.33. The summed E-state index contributed by atoms with van der Waals surface area (Å²) in [5, 5.41) is 6.56. The molecule has 0 bridgehead atoms. The number of hydrogen-bond acceptors (Lipinski definition) is 4. The van der Waals surface area contributed by atoms with Gasteiger partial charge in [-0.1, -0.05) is 11.6 Å². The zero-order valence-electron chi connectivity index (χ0n) is 12.3. The average Bonchev–Trinajstić information content (AvgIpc) is 3.04. The summed E-state index contributed by atoms with van der Waals surface area (Å²) >= 11 is 6.41. The van der Waals surface area contributed by atoms with Crippen LogP contribution in [0, 0.1) is 0 Å². The van der Waals surface area contributed by atoms with Crippen LogP contribution in [0.3, 0.4) is 0 Å². The van der Waals surface area contributed by atoms with Crippen LogP contribution in [0.25, 0.3) is 0 Å². The Bertz CT molecular complexity index is 558. The smallest absolute Gasteiger partial charge is 0.246 e. The van der Waals surface area contributed by atoms with Crippen molar-refractivity contribution < 1.29 is 9.53 Å². The van der Waals surface area contributed by atoms with E-state index in [0.717, 1.165) is 42.9 Å². The molecule has 2 aliphatic heterocycles. The van der Waals surface area contributed by atoms with Crippen LogP contribution in [0.1, 0.15) is 24.4 Å². The fourth-order valence-corrected chi connectivity index (χ4v) is 3.36. The molecular formula is C15H20ClN3O2. The van der Waals surface area contributed by atoms with E-state index in [4.69, 9.17) is 16.3 Å². The summed E-state index contributed by atoms with van der Waals surface area (Å²) in [4.78, 5) is 14.0. The van der Waals surface area contributed by atoms with Crippen molar-refractivity contribution in [3.05, 3.63) is 22.7 Å². The number of rotatable bonds is 4. The molecule has 1 amide bonds. The fraction of sp³-hybridized carbons (Fsp3) is 0.533.